The molecule has 2 aliphatic heterocycles. The van der Waals surface area contributed by atoms with E-state index in [1.165, 1.54) is 11.8 Å². The van der Waals surface area contributed by atoms with E-state index in [4.69, 9.17) is 5.73 Å². The van der Waals surface area contributed by atoms with Gasteiger partial charge in [0, 0.05) is 22.1 Å². The number of rotatable bonds is 5. The Bertz CT molecular complexity index is 1320. The van der Waals surface area contributed by atoms with Crippen molar-refractivity contribution >= 4 is 46.7 Å². The first-order valence-corrected chi connectivity index (χ1v) is 13.9. The molecule has 182 valence electrons. The second-order valence-corrected chi connectivity index (χ2v) is 10.8. The maximum atomic E-state index is 12.6. The number of amides is 1. The van der Waals surface area contributed by atoms with Crippen LogP contribution in [0.25, 0.3) is 5.70 Å². The second kappa shape index (κ2) is 10.7. The zero-order chi connectivity index (χ0) is 25.0. The van der Waals surface area contributed by atoms with Crippen molar-refractivity contribution in [2.75, 3.05) is 11.1 Å². The Morgan fingerprint density at radius 1 is 1.11 bits per heavy atom. The summed E-state index contributed by atoms with van der Waals surface area (Å²) in [7, 11) is 0. The zero-order valence-corrected chi connectivity index (χ0v) is 21.4. The molecule has 2 heterocycles. The largest absolute Gasteiger partial charge is 0.383 e. The maximum absolute atomic E-state index is 12.6. The smallest absolute Gasteiger partial charge is 0.234 e. The summed E-state index contributed by atoms with van der Waals surface area (Å²) >= 11 is 2.88. The molecule has 2 aromatic rings. The van der Waals surface area contributed by atoms with E-state index in [0.29, 0.717) is 16.4 Å². The molecule has 0 aromatic heterocycles. The van der Waals surface area contributed by atoms with Crippen LogP contribution in [0.2, 0.25) is 0 Å². The molecule has 0 radical (unpaired) electrons. The third kappa shape index (κ3) is 4.81. The predicted octanol–water partition coefficient (Wildman–Crippen LogP) is 5.96. The monoisotopic (exact) mass is 513 g/mol. The number of nitrogens with one attached hydrogen (secondary N) is 2. The number of nitriles is 1. The number of aliphatic imine (C=N–C) groups is 1. The van der Waals surface area contributed by atoms with Crippen LogP contribution in [0.1, 0.15) is 37.7 Å². The van der Waals surface area contributed by atoms with E-state index in [0.717, 1.165) is 59.7 Å². The lowest BCUT2D eigenvalue weighted by Crippen LogP contribution is -2.40. The van der Waals surface area contributed by atoms with Crippen molar-refractivity contribution < 1.29 is 4.79 Å². The molecule has 1 amide bonds. The van der Waals surface area contributed by atoms with Crippen molar-refractivity contribution in [3.63, 3.8) is 0 Å². The van der Waals surface area contributed by atoms with Gasteiger partial charge in [0.15, 0.2) is 0 Å². The summed E-state index contributed by atoms with van der Waals surface area (Å²) in [4.78, 5) is 17.3. The molecule has 0 atom stereocenters. The Morgan fingerprint density at radius 2 is 1.81 bits per heavy atom. The summed E-state index contributed by atoms with van der Waals surface area (Å²) in [6.45, 7) is 0. The van der Waals surface area contributed by atoms with Crippen LogP contribution in [0.3, 0.4) is 0 Å². The van der Waals surface area contributed by atoms with E-state index in [2.05, 4.69) is 39.2 Å². The van der Waals surface area contributed by atoms with Crippen LogP contribution < -0.4 is 16.4 Å². The highest BCUT2D eigenvalue weighted by Crippen LogP contribution is 2.55. The molecule has 0 bridgehead atoms. The van der Waals surface area contributed by atoms with Crippen molar-refractivity contribution in [2.45, 2.75) is 32.1 Å². The third-order valence-corrected chi connectivity index (χ3v) is 8.59. The Balaban J connectivity index is 1.44. The maximum Gasteiger partial charge on any atom is 0.234 e. The molecule has 36 heavy (non-hydrogen) atoms. The zero-order valence-electron chi connectivity index (χ0n) is 19.8. The number of hydrogen-bond acceptors (Lipinski definition) is 7. The second-order valence-electron chi connectivity index (χ2n) is 8.98. The SMILES string of the molecule is N#CC1=C(SCC(=O)Nc2ccccc2)N=C(N)C(=C2NC(c3ccccc3)=CS2)C12CCCCC2. The molecule has 0 saturated heterocycles. The molecule has 2 aromatic carbocycles. The first-order chi connectivity index (χ1) is 17.6. The van der Waals surface area contributed by atoms with Gasteiger partial charge in [0.05, 0.1) is 28.1 Å². The molecule has 8 heteroatoms. The van der Waals surface area contributed by atoms with Crippen molar-refractivity contribution in [3.8, 4) is 6.07 Å². The van der Waals surface area contributed by atoms with Crippen molar-refractivity contribution in [3.05, 3.63) is 92.8 Å². The van der Waals surface area contributed by atoms with Gasteiger partial charge in [-0.15, -0.1) is 0 Å². The van der Waals surface area contributed by atoms with E-state index < -0.39 is 5.41 Å². The lowest BCUT2D eigenvalue weighted by Gasteiger charge is -2.42. The van der Waals surface area contributed by atoms with Gasteiger partial charge in [-0.3, -0.25) is 4.79 Å². The number of anilines is 1. The van der Waals surface area contributed by atoms with Crippen LogP contribution in [-0.4, -0.2) is 17.5 Å². The summed E-state index contributed by atoms with van der Waals surface area (Å²) in [6, 6.07) is 22.0. The van der Waals surface area contributed by atoms with Gasteiger partial charge in [-0.25, -0.2) is 4.99 Å². The Labute approximate surface area is 219 Å². The molecule has 1 spiro atoms. The predicted molar refractivity (Wildman–Crippen MR) is 149 cm³/mol. The normalized spacial score (nSPS) is 20.9. The lowest BCUT2D eigenvalue weighted by molar-refractivity contribution is -0.113. The quantitative estimate of drug-likeness (QED) is 0.456. The summed E-state index contributed by atoms with van der Waals surface area (Å²) < 4.78 is 0. The average Bonchev–Trinajstić information content (AvgIpc) is 3.38. The minimum atomic E-state index is -0.494. The third-order valence-electron chi connectivity index (χ3n) is 6.72. The highest BCUT2D eigenvalue weighted by Gasteiger charge is 2.47. The number of nitrogens with two attached hydrogens (primary N) is 1. The lowest BCUT2D eigenvalue weighted by atomic mass is 9.64. The molecule has 6 nitrogen and oxygen atoms in total. The van der Waals surface area contributed by atoms with Gasteiger partial charge < -0.3 is 16.4 Å². The number of carbonyl (C=O) groups is 1. The summed E-state index contributed by atoms with van der Waals surface area (Å²) in [5, 5.41) is 20.4. The van der Waals surface area contributed by atoms with Crippen molar-refractivity contribution in [1.82, 2.24) is 5.32 Å². The number of thioether (sulfide) groups is 2. The minimum absolute atomic E-state index is 0.142. The Kier molecular flexibility index (Phi) is 7.21. The van der Waals surface area contributed by atoms with Gasteiger partial charge in [-0.1, -0.05) is 91.3 Å². The number of amidine groups is 1. The average molecular weight is 514 g/mol. The standard InChI is InChI=1S/C28H27N5OS2/c29-16-21-26(36-18-23(34)31-20-12-6-2-7-13-20)33-25(30)24(28(21)14-8-3-9-15-28)27-32-22(17-35-27)19-10-4-1-5-11-19/h1-2,4-7,10-13,17,32H,3,8-9,14-15,18H2,(H2,30,33)(H,31,34). The van der Waals surface area contributed by atoms with Crippen LogP contribution in [0.15, 0.2) is 92.3 Å². The van der Waals surface area contributed by atoms with E-state index in [1.54, 1.807) is 11.8 Å². The van der Waals surface area contributed by atoms with Gasteiger partial charge in [-0.2, -0.15) is 5.26 Å². The van der Waals surface area contributed by atoms with Crippen LogP contribution in [0, 0.1) is 16.7 Å². The van der Waals surface area contributed by atoms with Crippen molar-refractivity contribution in [2.24, 2.45) is 16.1 Å². The van der Waals surface area contributed by atoms with Crippen LogP contribution in [0.4, 0.5) is 5.69 Å². The highest BCUT2D eigenvalue weighted by atomic mass is 32.2. The summed E-state index contributed by atoms with van der Waals surface area (Å²) in [5.74, 6) is 0.442. The van der Waals surface area contributed by atoms with Crippen LogP contribution >= 0.6 is 23.5 Å². The fraction of sp³-hybridized carbons (Fsp3) is 0.250. The Morgan fingerprint density at radius 3 is 2.50 bits per heavy atom. The highest BCUT2D eigenvalue weighted by molar-refractivity contribution is 8.06. The molecular formula is C28H27N5OS2. The number of nitrogens with zero attached hydrogens (tertiary/aromatic N) is 2. The molecule has 1 saturated carbocycles. The molecule has 1 aliphatic carbocycles. The molecule has 5 rings (SSSR count). The number of carbonyl (C=O) groups excluding carboxylic acids is 1. The number of para-hydroxylation sites is 1. The molecule has 1 fully saturated rings. The van der Waals surface area contributed by atoms with E-state index in [-0.39, 0.29) is 11.7 Å². The first kappa shape index (κ1) is 24.3. The van der Waals surface area contributed by atoms with Gasteiger partial charge >= 0.3 is 0 Å². The summed E-state index contributed by atoms with van der Waals surface area (Å²) in [6.07, 6.45) is 4.86. The number of benzene rings is 2. The minimum Gasteiger partial charge on any atom is -0.383 e. The van der Waals surface area contributed by atoms with E-state index in [1.807, 2.05) is 48.5 Å². The first-order valence-electron chi connectivity index (χ1n) is 12.0. The molecule has 3 aliphatic rings. The van der Waals surface area contributed by atoms with Gasteiger partial charge in [0.25, 0.3) is 0 Å². The van der Waals surface area contributed by atoms with E-state index >= 15 is 0 Å². The summed E-state index contributed by atoms with van der Waals surface area (Å²) in [5.41, 5.74) is 10.6. The van der Waals surface area contributed by atoms with E-state index in [9.17, 15) is 10.1 Å². The molecule has 0 unspecified atom stereocenters. The molecule has 4 N–H and O–H groups in total. The van der Waals surface area contributed by atoms with Gasteiger partial charge in [0.1, 0.15) is 10.9 Å². The fourth-order valence-corrected chi connectivity index (χ4v) is 6.98. The van der Waals surface area contributed by atoms with Gasteiger partial charge in [0.2, 0.25) is 5.91 Å². The van der Waals surface area contributed by atoms with Gasteiger partial charge in [-0.05, 0) is 30.5 Å². The Hall–Kier alpha value is -3.41. The number of hydrogen-bond donors (Lipinski definition) is 3. The van der Waals surface area contributed by atoms with Crippen molar-refractivity contribution in [1.29, 1.82) is 5.26 Å². The fourth-order valence-electron chi connectivity index (χ4n) is 5.08. The number of allylic oxidation sites excluding steroid dienone is 1. The molecular weight excluding hydrogens is 486 g/mol. The van der Waals surface area contributed by atoms with Crippen LogP contribution in [-0.2, 0) is 4.79 Å². The van der Waals surface area contributed by atoms with Crippen LogP contribution in [0.5, 0.6) is 0 Å². The topological polar surface area (TPSA) is 103 Å².